The molecule has 1 aliphatic heterocycles. The highest BCUT2D eigenvalue weighted by Gasteiger charge is 2.43. The van der Waals surface area contributed by atoms with E-state index in [1.165, 1.54) is 29.7 Å². The lowest BCUT2D eigenvalue weighted by atomic mass is 9.80. The summed E-state index contributed by atoms with van der Waals surface area (Å²) in [5.74, 6) is -0.875. The van der Waals surface area contributed by atoms with Gasteiger partial charge in [0.1, 0.15) is 0 Å². The summed E-state index contributed by atoms with van der Waals surface area (Å²) >= 11 is 0. The number of nitrogens with zero attached hydrogens (tertiary/aromatic N) is 1. The van der Waals surface area contributed by atoms with Gasteiger partial charge in [0.2, 0.25) is 5.69 Å². The minimum atomic E-state index is -0.875. The molecule has 0 bridgehead atoms. The molecule has 0 radical (unpaired) electrons. The van der Waals surface area contributed by atoms with Gasteiger partial charge in [-0.3, -0.25) is 0 Å². The SMILES string of the molecule is CCCC(C)(C)c1ccc(C[N+]2=C(C)C(C)(C)c3cc(C(=O)O)ccc32)cc1. The molecule has 0 spiro atoms. The van der Waals surface area contributed by atoms with E-state index in [0.29, 0.717) is 5.56 Å². The van der Waals surface area contributed by atoms with Gasteiger partial charge in [0.05, 0.1) is 11.0 Å². The summed E-state index contributed by atoms with van der Waals surface area (Å²) in [5, 5.41) is 9.36. The molecule has 2 aromatic carbocycles. The Bertz CT molecular complexity index is 934. The number of carboxylic acid groups (broad SMARTS) is 1. The van der Waals surface area contributed by atoms with Crippen molar-refractivity contribution >= 4 is 17.4 Å². The lowest BCUT2D eigenvalue weighted by Gasteiger charge is -2.24. The molecule has 3 heteroatoms. The molecule has 28 heavy (non-hydrogen) atoms. The zero-order valence-corrected chi connectivity index (χ0v) is 18.0. The van der Waals surface area contributed by atoms with E-state index in [1.807, 2.05) is 12.1 Å². The van der Waals surface area contributed by atoms with Crippen molar-refractivity contribution in [2.24, 2.45) is 0 Å². The molecule has 0 unspecified atom stereocenters. The van der Waals surface area contributed by atoms with E-state index in [4.69, 9.17) is 0 Å². The van der Waals surface area contributed by atoms with E-state index >= 15 is 0 Å². The van der Waals surface area contributed by atoms with E-state index in [2.05, 4.69) is 70.4 Å². The fourth-order valence-electron chi connectivity index (χ4n) is 4.34. The second-order valence-electron chi connectivity index (χ2n) is 9.16. The van der Waals surface area contributed by atoms with Crippen LogP contribution in [0.15, 0.2) is 42.5 Å². The molecule has 3 nitrogen and oxygen atoms in total. The highest BCUT2D eigenvalue weighted by molar-refractivity contribution is 5.95. The number of benzene rings is 2. The number of aromatic carboxylic acids is 1. The maximum atomic E-state index is 11.4. The smallest absolute Gasteiger partial charge is 0.335 e. The number of rotatable bonds is 6. The number of hydrogen-bond acceptors (Lipinski definition) is 1. The van der Waals surface area contributed by atoms with Crippen LogP contribution in [0, 0.1) is 0 Å². The third kappa shape index (κ3) is 3.50. The zero-order chi connectivity index (χ0) is 20.7. The molecule has 1 N–H and O–H groups in total. The number of carboxylic acids is 1. The summed E-state index contributed by atoms with van der Waals surface area (Å²) < 4.78 is 2.33. The Hall–Kier alpha value is -2.42. The molecular formula is C25H32NO2+. The van der Waals surface area contributed by atoms with Crippen molar-refractivity contribution < 1.29 is 14.5 Å². The van der Waals surface area contributed by atoms with Crippen LogP contribution in [-0.4, -0.2) is 21.4 Å². The topological polar surface area (TPSA) is 40.3 Å². The third-order valence-electron chi connectivity index (χ3n) is 6.47. The number of carbonyl (C=O) groups is 1. The van der Waals surface area contributed by atoms with Crippen LogP contribution in [-0.2, 0) is 17.4 Å². The van der Waals surface area contributed by atoms with Gasteiger partial charge in [-0.25, -0.2) is 4.79 Å². The van der Waals surface area contributed by atoms with Gasteiger partial charge < -0.3 is 5.11 Å². The molecule has 0 aromatic heterocycles. The average molecular weight is 379 g/mol. The third-order valence-corrected chi connectivity index (χ3v) is 6.47. The van der Waals surface area contributed by atoms with Crippen molar-refractivity contribution in [1.82, 2.24) is 0 Å². The van der Waals surface area contributed by atoms with E-state index in [1.54, 1.807) is 6.07 Å². The molecule has 0 saturated carbocycles. The van der Waals surface area contributed by atoms with Crippen LogP contribution in [0.3, 0.4) is 0 Å². The molecule has 3 rings (SSSR count). The van der Waals surface area contributed by atoms with Gasteiger partial charge in [-0.15, -0.1) is 0 Å². The summed E-state index contributed by atoms with van der Waals surface area (Å²) in [6.07, 6.45) is 2.36. The summed E-state index contributed by atoms with van der Waals surface area (Å²) in [5.41, 5.74) is 6.47. The van der Waals surface area contributed by atoms with Gasteiger partial charge in [0, 0.05) is 24.1 Å². The van der Waals surface area contributed by atoms with Gasteiger partial charge in [-0.05, 0) is 43.4 Å². The predicted octanol–water partition coefficient (Wildman–Crippen LogP) is 6.06. The Morgan fingerprint density at radius 3 is 2.32 bits per heavy atom. The van der Waals surface area contributed by atoms with Crippen LogP contribution in [0.5, 0.6) is 0 Å². The predicted molar refractivity (Wildman–Crippen MR) is 115 cm³/mol. The fraction of sp³-hybridized carbons (Fsp3) is 0.440. The number of hydrogen-bond donors (Lipinski definition) is 1. The minimum absolute atomic E-state index is 0.177. The largest absolute Gasteiger partial charge is 0.478 e. The first-order valence-corrected chi connectivity index (χ1v) is 10.2. The second-order valence-corrected chi connectivity index (χ2v) is 9.16. The molecule has 1 aliphatic rings. The van der Waals surface area contributed by atoms with Crippen LogP contribution in [0.4, 0.5) is 5.69 Å². The van der Waals surface area contributed by atoms with Crippen LogP contribution in [0.1, 0.15) is 81.4 Å². The standard InChI is InChI=1S/C25H31NO2/c1-7-14-24(3,4)20-11-8-18(9-12-20)16-26-17(2)25(5,6)21-15-19(23(27)28)10-13-22(21)26/h8-13,15H,7,14,16H2,1-6H3/p+1. The van der Waals surface area contributed by atoms with Crippen molar-refractivity contribution in [1.29, 1.82) is 0 Å². The summed E-state index contributed by atoms with van der Waals surface area (Å²) in [6.45, 7) is 14.1. The Morgan fingerprint density at radius 1 is 1.11 bits per heavy atom. The van der Waals surface area contributed by atoms with Crippen LogP contribution in [0.2, 0.25) is 0 Å². The van der Waals surface area contributed by atoms with E-state index in [-0.39, 0.29) is 10.8 Å². The molecule has 1 heterocycles. The van der Waals surface area contributed by atoms with Crippen molar-refractivity contribution in [2.75, 3.05) is 0 Å². The number of fused-ring (bicyclic) bond motifs is 1. The minimum Gasteiger partial charge on any atom is -0.478 e. The first-order chi connectivity index (χ1) is 13.1. The van der Waals surface area contributed by atoms with Gasteiger partial charge in [-0.2, -0.15) is 4.58 Å². The highest BCUT2D eigenvalue weighted by Crippen LogP contribution is 2.40. The Morgan fingerprint density at radius 2 is 1.75 bits per heavy atom. The summed E-state index contributed by atoms with van der Waals surface area (Å²) in [6, 6.07) is 14.5. The van der Waals surface area contributed by atoms with Crippen molar-refractivity contribution in [3.8, 4) is 0 Å². The van der Waals surface area contributed by atoms with Gasteiger partial charge in [-0.1, -0.05) is 51.5 Å². The molecule has 0 saturated heterocycles. The van der Waals surface area contributed by atoms with Crippen molar-refractivity contribution in [3.63, 3.8) is 0 Å². The quantitative estimate of drug-likeness (QED) is 0.621. The monoisotopic (exact) mass is 378 g/mol. The maximum absolute atomic E-state index is 11.4. The molecule has 148 valence electrons. The van der Waals surface area contributed by atoms with E-state index < -0.39 is 5.97 Å². The molecule has 0 aliphatic carbocycles. The summed E-state index contributed by atoms with van der Waals surface area (Å²) in [7, 11) is 0. The average Bonchev–Trinajstić information content (AvgIpc) is 2.82. The van der Waals surface area contributed by atoms with Gasteiger partial charge in [0.15, 0.2) is 12.3 Å². The Kier molecular flexibility index (Phi) is 5.22. The first kappa shape index (κ1) is 20.3. The van der Waals surface area contributed by atoms with Crippen LogP contribution in [0.25, 0.3) is 0 Å². The Labute approximate surface area is 168 Å². The fourth-order valence-corrected chi connectivity index (χ4v) is 4.34. The normalized spacial score (nSPS) is 15.6. The van der Waals surface area contributed by atoms with Gasteiger partial charge in [0.25, 0.3) is 0 Å². The summed E-state index contributed by atoms with van der Waals surface area (Å²) in [4.78, 5) is 11.4. The lowest BCUT2D eigenvalue weighted by Crippen LogP contribution is -2.26. The van der Waals surface area contributed by atoms with E-state index in [0.717, 1.165) is 17.8 Å². The lowest BCUT2D eigenvalue weighted by molar-refractivity contribution is -0.456. The van der Waals surface area contributed by atoms with E-state index in [9.17, 15) is 9.90 Å². The molecule has 2 aromatic rings. The zero-order valence-electron chi connectivity index (χ0n) is 18.0. The maximum Gasteiger partial charge on any atom is 0.335 e. The molecule has 0 amide bonds. The van der Waals surface area contributed by atoms with Gasteiger partial charge >= 0.3 is 5.97 Å². The molecular weight excluding hydrogens is 346 g/mol. The van der Waals surface area contributed by atoms with Crippen LogP contribution >= 0.6 is 0 Å². The first-order valence-electron chi connectivity index (χ1n) is 10.2. The van der Waals surface area contributed by atoms with Crippen LogP contribution < -0.4 is 0 Å². The molecule has 0 fully saturated rings. The highest BCUT2D eigenvalue weighted by atomic mass is 16.4. The Balaban J connectivity index is 1.93. The molecule has 0 atom stereocenters. The van der Waals surface area contributed by atoms with Crippen molar-refractivity contribution in [3.05, 3.63) is 64.7 Å². The van der Waals surface area contributed by atoms with Crippen molar-refractivity contribution in [2.45, 2.75) is 71.8 Å². The second kappa shape index (κ2) is 7.20.